The molecular weight excluding hydrogens is 310 g/mol. The first-order valence-electron chi connectivity index (χ1n) is 5.52. The Balaban J connectivity index is 2.99. The SMILES string of the molecule is CC(O)C(N)CNS(=O)(=O)c1ccc(Cl)c([N+](=O)[O-])c1. The molecule has 1 aromatic carbocycles. The number of aliphatic hydroxyl groups is 1. The molecule has 0 aliphatic rings. The van der Waals surface area contributed by atoms with Crippen LogP contribution >= 0.6 is 11.6 Å². The van der Waals surface area contributed by atoms with Crippen LogP contribution in [0.3, 0.4) is 0 Å². The lowest BCUT2D eigenvalue weighted by Crippen LogP contribution is -2.43. The molecule has 8 nitrogen and oxygen atoms in total. The molecule has 2 unspecified atom stereocenters. The van der Waals surface area contributed by atoms with E-state index < -0.39 is 32.8 Å². The molecule has 0 saturated heterocycles. The molecule has 10 heteroatoms. The molecule has 0 bridgehead atoms. The maximum absolute atomic E-state index is 11.9. The highest BCUT2D eigenvalue weighted by Crippen LogP contribution is 2.26. The highest BCUT2D eigenvalue weighted by atomic mass is 35.5. The molecule has 0 amide bonds. The Morgan fingerprint density at radius 2 is 2.15 bits per heavy atom. The van der Waals surface area contributed by atoms with Crippen molar-refractivity contribution in [2.75, 3.05) is 6.54 Å². The van der Waals surface area contributed by atoms with Crippen molar-refractivity contribution in [1.82, 2.24) is 4.72 Å². The van der Waals surface area contributed by atoms with Gasteiger partial charge < -0.3 is 10.8 Å². The Kier molecular flexibility index (Phi) is 5.42. The normalized spacial score (nSPS) is 14.8. The van der Waals surface area contributed by atoms with Crippen molar-refractivity contribution < 1.29 is 18.4 Å². The third kappa shape index (κ3) is 4.12. The topological polar surface area (TPSA) is 136 Å². The molecule has 0 radical (unpaired) electrons. The average Bonchev–Trinajstić information content (AvgIpc) is 2.35. The summed E-state index contributed by atoms with van der Waals surface area (Å²) in [6.45, 7) is 1.22. The number of sulfonamides is 1. The van der Waals surface area contributed by atoms with E-state index in [1.807, 2.05) is 0 Å². The Labute approximate surface area is 120 Å². The standard InChI is InChI=1S/C10H14ClN3O5S/c1-6(15)9(12)5-13-20(18,19)7-2-3-8(11)10(4-7)14(16)17/h2-4,6,9,13,15H,5,12H2,1H3. The van der Waals surface area contributed by atoms with Crippen LogP contribution in [-0.4, -0.2) is 37.1 Å². The summed E-state index contributed by atoms with van der Waals surface area (Å²) in [6, 6.07) is 2.35. The third-order valence-corrected chi connectivity index (χ3v) is 4.29. The molecule has 0 heterocycles. The first-order chi connectivity index (χ1) is 9.15. The smallest absolute Gasteiger partial charge is 0.289 e. The van der Waals surface area contributed by atoms with Gasteiger partial charge in [-0.15, -0.1) is 0 Å². The number of nitrogens with one attached hydrogen (secondary N) is 1. The van der Waals surface area contributed by atoms with Gasteiger partial charge in [-0.1, -0.05) is 11.6 Å². The van der Waals surface area contributed by atoms with Crippen LogP contribution < -0.4 is 10.5 Å². The molecule has 0 fully saturated rings. The van der Waals surface area contributed by atoms with E-state index in [-0.39, 0.29) is 16.5 Å². The Bertz CT molecular complexity index is 605. The van der Waals surface area contributed by atoms with Gasteiger partial charge >= 0.3 is 0 Å². The van der Waals surface area contributed by atoms with E-state index in [4.69, 9.17) is 17.3 Å². The number of hydrogen-bond acceptors (Lipinski definition) is 6. The summed E-state index contributed by atoms with van der Waals surface area (Å²) in [4.78, 5) is 9.63. The molecule has 0 spiro atoms. The highest BCUT2D eigenvalue weighted by Gasteiger charge is 2.21. The Morgan fingerprint density at radius 3 is 2.65 bits per heavy atom. The maximum Gasteiger partial charge on any atom is 0.289 e. The molecule has 2 atom stereocenters. The van der Waals surface area contributed by atoms with Crippen LogP contribution in [0.15, 0.2) is 23.1 Å². The quantitative estimate of drug-likeness (QED) is 0.506. The van der Waals surface area contributed by atoms with E-state index in [1.54, 1.807) is 0 Å². The van der Waals surface area contributed by atoms with Crippen LogP contribution in [0.2, 0.25) is 5.02 Å². The summed E-state index contributed by atoms with van der Waals surface area (Å²) in [5.41, 5.74) is 4.99. The van der Waals surface area contributed by atoms with Crippen LogP contribution in [0.5, 0.6) is 0 Å². The van der Waals surface area contributed by atoms with Crippen LogP contribution in [0.4, 0.5) is 5.69 Å². The zero-order valence-corrected chi connectivity index (χ0v) is 12.1. The maximum atomic E-state index is 11.9. The van der Waals surface area contributed by atoms with Gasteiger partial charge in [0, 0.05) is 18.7 Å². The summed E-state index contributed by atoms with van der Waals surface area (Å²) >= 11 is 5.60. The summed E-state index contributed by atoms with van der Waals surface area (Å²) < 4.78 is 26.0. The van der Waals surface area contributed by atoms with Crippen LogP contribution in [0.25, 0.3) is 0 Å². The number of rotatable bonds is 6. The lowest BCUT2D eigenvalue weighted by molar-refractivity contribution is -0.384. The fraction of sp³-hybridized carbons (Fsp3) is 0.400. The number of hydrogen-bond donors (Lipinski definition) is 3. The fourth-order valence-corrected chi connectivity index (χ4v) is 2.54. The number of nitrogens with two attached hydrogens (primary N) is 1. The fourth-order valence-electron chi connectivity index (χ4n) is 1.26. The van der Waals surface area contributed by atoms with E-state index in [0.717, 1.165) is 18.2 Å². The van der Waals surface area contributed by atoms with Gasteiger partial charge in [0.2, 0.25) is 10.0 Å². The van der Waals surface area contributed by atoms with Crippen molar-refractivity contribution >= 4 is 27.3 Å². The van der Waals surface area contributed by atoms with Gasteiger partial charge in [0.15, 0.2) is 0 Å². The molecule has 4 N–H and O–H groups in total. The van der Waals surface area contributed by atoms with Gasteiger partial charge in [0.25, 0.3) is 5.69 Å². The number of benzene rings is 1. The van der Waals surface area contributed by atoms with Gasteiger partial charge in [-0.3, -0.25) is 10.1 Å². The number of halogens is 1. The van der Waals surface area contributed by atoms with Crippen LogP contribution in [0, 0.1) is 10.1 Å². The van der Waals surface area contributed by atoms with Crippen molar-refractivity contribution in [2.24, 2.45) is 5.73 Å². The van der Waals surface area contributed by atoms with Crippen molar-refractivity contribution in [3.63, 3.8) is 0 Å². The minimum absolute atomic E-state index is 0.158. The third-order valence-electron chi connectivity index (χ3n) is 2.55. The summed E-state index contributed by atoms with van der Waals surface area (Å²) in [5.74, 6) is 0. The number of nitro groups is 1. The molecule has 1 rings (SSSR count). The second-order valence-electron chi connectivity index (χ2n) is 4.13. The average molecular weight is 324 g/mol. The van der Waals surface area contributed by atoms with Crippen molar-refractivity contribution in [1.29, 1.82) is 0 Å². The van der Waals surface area contributed by atoms with Crippen LogP contribution in [-0.2, 0) is 10.0 Å². The van der Waals surface area contributed by atoms with Crippen molar-refractivity contribution in [3.8, 4) is 0 Å². The molecular formula is C10H14ClN3O5S. The van der Waals surface area contributed by atoms with Gasteiger partial charge in [-0.25, -0.2) is 13.1 Å². The van der Waals surface area contributed by atoms with Gasteiger partial charge in [-0.2, -0.15) is 0 Å². The summed E-state index contributed by atoms with van der Waals surface area (Å²) in [7, 11) is -3.97. The lowest BCUT2D eigenvalue weighted by Gasteiger charge is -2.15. The molecule has 0 aromatic heterocycles. The molecule has 1 aromatic rings. The number of nitro benzene ring substituents is 1. The van der Waals surface area contributed by atoms with Crippen molar-refractivity contribution in [2.45, 2.75) is 24.0 Å². The minimum atomic E-state index is -3.97. The van der Waals surface area contributed by atoms with Gasteiger partial charge in [0.1, 0.15) is 5.02 Å². The number of nitrogens with zero attached hydrogens (tertiary/aromatic N) is 1. The minimum Gasteiger partial charge on any atom is -0.392 e. The van der Waals surface area contributed by atoms with Gasteiger partial charge in [-0.05, 0) is 19.1 Å². The summed E-state index contributed by atoms with van der Waals surface area (Å²) in [6.07, 6.45) is -0.891. The summed E-state index contributed by atoms with van der Waals surface area (Å²) in [5, 5.41) is 19.7. The number of aliphatic hydroxyl groups excluding tert-OH is 1. The van der Waals surface area contributed by atoms with Crippen LogP contribution in [0.1, 0.15) is 6.92 Å². The predicted molar refractivity (Wildman–Crippen MR) is 73.0 cm³/mol. The predicted octanol–water partition coefficient (Wildman–Crippen LogP) is 0.235. The zero-order chi connectivity index (χ0) is 15.5. The van der Waals surface area contributed by atoms with E-state index >= 15 is 0 Å². The first kappa shape index (κ1) is 16.8. The molecule has 0 saturated carbocycles. The van der Waals surface area contributed by atoms with E-state index in [0.29, 0.717) is 0 Å². The first-order valence-corrected chi connectivity index (χ1v) is 7.38. The van der Waals surface area contributed by atoms with Gasteiger partial charge in [0.05, 0.1) is 15.9 Å². The molecule has 0 aliphatic heterocycles. The molecule has 112 valence electrons. The lowest BCUT2D eigenvalue weighted by atomic mass is 10.2. The highest BCUT2D eigenvalue weighted by molar-refractivity contribution is 7.89. The molecule has 0 aliphatic carbocycles. The monoisotopic (exact) mass is 323 g/mol. The Morgan fingerprint density at radius 1 is 1.55 bits per heavy atom. The van der Waals surface area contributed by atoms with E-state index in [2.05, 4.69) is 4.72 Å². The Hall–Kier alpha value is -1.26. The van der Waals surface area contributed by atoms with E-state index in [9.17, 15) is 23.6 Å². The second kappa shape index (κ2) is 6.46. The van der Waals surface area contributed by atoms with Crippen molar-refractivity contribution in [3.05, 3.63) is 33.3 Å². The van der Waals surface area contributed by atoms with E-state index in [1.165, 1.54) is 6.92 Å². The zero-order valence-electron chi connectivity index (χ0n) is 10.5. The molecule has 20 heavy (non-hydrogen) atoms. The second-order valence-corrected chi connectivity index (χ2v) is 6.30. The largest absolute Gasteiger partial charge is 0.392 e.